The predicted octanol–water partition coefficient (Wildman–Crippen LogP) is 0.825. The van der Waals surface area contributed by atoms with Crippen molar-refractivity contribution >= 4 is 23.8 Å². The van der Waals surface area contributed by atoms with Gasteiger partial charge in [0, 0.05) is 20.5 Å². The van der Waals surface area contributed by atoms with Crippen LogP contribution in [0.5, 0.6) is 0 Å². The van der Waals surface area contributed by atoms with Gasteiger partial charge < -0.3 is 20.2 Å². The van der Waals surface area contributed by atoms with Crippen LogP contribution in [0.15, 0.2) is 24.3 Å². The monoisotopic (exact) mass is 293 g/mol. The van der Waals surface area contributed by atoms with Gasteiger partial charge in [0.05, 0.1) is 5.69 Å². The number of amides is 3. The topological polar surface area (TPSA) is 99.2 Å². The minimum atomic E-state index is -1.31. The van der Waals surface area contributed by atoms with Gasteiger partial charge in [-0.1, -0.05) is 18.2 Å². The summed E-state index contributed by atoms with van der Waals surface area (Å²) in [5.74, 6) is -0.633. The van der Waals surface area contributed by atoms with Crippen LogP contribution in [0.4, 0.5) is 15.3 Å². The highest BCUT2D eigenvalue weighted by atomic mass is 16.7. The molecule has 3 amide bonds. The Morgan fingerprint density at radius 2 is 2.05 bits per heavy atom. The molecule has 1 aromatic rings. The first-order valence-electron chi connectivity index (χ1n) is 6.20. The average Bonchev–Trinajstić information content (AvgIpc) is 2.42. The second-order valence-corrected chi connectivity index (χ2v) is 4.72. The first-order valence-corrected chi connectivity index (χ1v) is 6.20. The van der Waals surface area contributed by atoms with E-state index < -0.39 is 24.1 Å². The summed E-state index contributed by atoms with van der Waals surface area (Å²) in [6.07, 6.45) is -1.84. The van der Waals surface area contributed by atoms with Crippen LogP contribution in [0.2, 0.25) is 0 Å². The molecule has 0 bridgehead atoms. The number of hydrogen-bond acceptors (Lipinski definition) is 4. The van der Waals surface area contributed by atoms with Gasteiger partial charge in [-0.3, -0.25) is 4.79 Å². The number of fused-ring (bicyclic) bond motifs is 1. The Labute approximate surface area is 120 Å². The van der Waals surface area contributed by atoms with E-state index in [1.165, 1.54) is 19.0 Å². The molecule has 0 radical (unpaired) electrons. The number of nitrogens with zero attached hydrogens (tertiary/aromatic N) is 2. The zero-order valence-corrected chi connectivity index (χ0v) is 11.6. The molecule has 0 unspecified atom stereocenters. The molecule has 0 saturated carbocycles. The fourth-order valence-electron chi connectivity index (χ4n) is 1.96. The molecule has 2 rings (SSSR count). The molecular formula is C13H15N3O5. The van der Waals surface area contributed by atoms with E-state index in [1.54, 1.807) is 24.3 Å². The van der Waals surface area contributed by atoms with Crippen molar-refractivity contribution < 1.29 is 24.3 Å². The predicted molar refractivity (Wildman–Crippen MR) is 72.7 cm³/mol. The molecule has 0 fully saturated rings. The maximum Gasteiger partial charge on any atom is 0.434 e. The molecule has 0 aromatic heterocycles. The Hall–Kier alpha value is -2.77. The van der Waals surface area contributed by atoms with Crippen LogP contribution in [0.3, 0.4) is 0 Å². The van der Waals surface area contributed by atoms with E-state index in [1.807, 2.05) is 0 Å². The maximum absolute atomic E-state index is 12.3. The molecule has 1 atom stereocenters. The second-order valence-electron chi connectivity index (χ2n) is 4.72. The van der Waals surface area contributed by atoms with Crippen molar-refractivity contribution in [2.45, 2.75) is 12.5 Å². The summed E-state index contributed by atoms with van der Waals surface area (Å²) in [6, 6.07) is 5.85. The first-order chi connectivity index (χ1) is 9.90. The van der Waals surface area contributed by atoms with E-state index in [9.17, 15) is 14.4 Å². The number of para-hydroxylation sites is 1. The summed E-state index contributed by atoms with van der Waals surface area (Å²) in [5, 5.41) is 11.8. The molecule has 0 aliphatic carbocycles. The Morgan fingerprint density at radius 1 is 1.38 bits per heavy atom. The van der Waals surface area contributed by atoms with Gasteiger partial charge in [-0.25, -0.2) is 9.59 Å². The fraction of sp³-hybridized carbons (Fsp3) is 0.308. The molecule has 112 valence electrons. The summed E-state index contributed by atoms with van der Waals surface area (Å²) < 4.78 is 0. The number of carboxylic acid groups (broad SMARTS) is 1. The third kappa shape index (κ3) is 3.04. The number of hydrogen-bond donors (Lipinski definition) is 2. The first kappa shape index (κ1) is 14.6. The van der Waals surface area contributed by atoms with Gasteiger partial charge in [0.25, 0.3) is 5.91 Å². The summed E-state index contributed by atoms with van der Waals surface area (Å²) >= 11 is 0. The van der Waals surface area contributed by atoms with Gasteiger partial charge in [0.15, 0.2) is 0 Å². The lowest BCUT2D eigenvalue weighted by Gasteiger charge is -2.32. The lowest BCUT2D eigenvalue weighted by Crippen LogP contribution is -2.53. The fourth-order valence-corrected chi connectivity index (χ4v) is 1.96. The number of rotatable bonds is 2. The quantitative estimate of drug-likeness (QED) is 0.841. The molecule has 8 nitrogen and oxygen atoms in total. The number of carbonyl (C=O) groups excluding carboxylic acids is 2. The molecule has 1 aromatic carbocycles. The number of nitrogens with one attached hydrogen (secondary N) is 1. The molecule has 2 N–H and O–H groups in total. The minimum absolute atomic E-state index is 0.206. The maximum atomic E-state index is 12.3. The smallest absolute Gasteiger partial charge is 0.434 e. The Morgan fingerprint density at radius 3 is 2.67 bits per heavy atom. The molecule has 8 heteroatoms. The average molecular weight is 293 g/mol. The van der Waals surface area contributed by atoms with Crippen molar-refractivity contribution in [2.75, 3.05) is 19.2 Å². The van der Waals surface area contributed by atoms with Crippen molar-refractivity contribution in [3.8, 4) is 0 Å². The molecule has 1 aliphatic heterocycles. The van der Waals surface area contributed by atoms with E-state index in [0.29, 0.717) is 11.3 Å². The number of benzene rings is 1. The zero-order valence-electron chi connectivity index (χ0n) is 11.6. The molecule has 1 heterocycles. The van der Waals surface area contributed by atoms with Gasteiger partial charge >= 0.3 is 12.2 Å². The molecule has 0 spiro atoms. The normalized spacial score (nSPS) is 17.0. The van der Waals surface area contributed by atoms with E-state index in [-0.39, 0.29) is 6.42 Å². The third-order valence-corrected chi connectivity index (χ3v) is 2.96. The van der Waals surface area contributed by atoms with E-state index in [4.69, 9.17) is 9.94 Å². The molecule has 1 aliphatic rings. The summed E-state index contributed by atoms with van der Waals surface area (Å²) in [7, 11) is 2.96. The van der Waals surface area contributed by atoms with Crippen molar-refractivity contribution in [3.05, 3.63) is 29.8 Å². The highest BCUT2D eigenvalue weighted by Crippen LogP contribution is 2.28. The highest BCUT2D eigenvalue weighted by molar-refractivity contribution is 6.01. The SMILES string of the molecule is CN(C)C(=O)ON1C(=O)[C@@H](NC(=O)O)Cc2ccccc21. The van der Waals surface area contributed by atoms with Crippen molar-refractivity contribution in [1.29, 1.82) is 0 Å². The van der Waals surface area contributed by atoms with Gasteiger partial charge in [-0.15, -0.1) is 5.06 Å². The van der Waals surface area contributed by atoms with E-state index in [0.717, 1.165) is 5.06 Å². The lowest BCUT2D eigenvalue weighted by molar-refractivity contribution is -0.126. The lowest BCUT2D eigenvalue weighted by atomic mass is 9.99. The molecule has 21 heavy (non-hydrogen) atoms. The number of anilines is 1. The van der Waals surface area contributed by atoms with E-state index >= 15 is 0 Å². The molecule has 0 saturated heterocycles. The summed E-state index contributed by atoms with van der Waals surface area (Å²) in [6.45, 7) is 0. The van der Waals surface area contributed by atoms with Gasteiger partial charge in [-0.05, 0) is 11.6 Å². The second kappa shape index (κ2) is 5.70. The van der Waals surface area contributed by atoms with Crippen LogP contribution >= 0.6 is 0 Å². The van der Waals surface area contributed by atoms with Crippen molar-refractivity contribution in [2.24, 2.45) is 0 Å². The van der Waals surface area contributed by atoms with E-state index in [2.05, 4.69) is 5.32 Å². The van der Waals surface area contributed by atoms with Crippen LogP contribution < -0.4 is 10.4 Å². The van der Waals surface area contributed by atoms with Crippen LogP contribution in [0, 0.1) is 0 Å². The van der Waals surface area contributed by atoms with Gasteiger partial charge in [0.1, 0.15) is 6.04 Å². The van der Waals surface area contributed by atoms with Gasteiger partial charge in [0.2, 0.25) is 0 Å². The van der Waals surface area contributed by atoms with Crippen LogP contribution in [-0.2, 0) is 16.1 Å². The Balaban J connectivity index is 2.33. The van der Waals surface area contributed by atoms with Gasteiger partial charge in [-0.2, -0.15) is 0 Å². The molecular weight excluding hydrogens is 278 g/mol. The zero-order chi connectivity index (χ0) is 15.6. The van der Waals surface area contributed by atoms with Crippen molar-refractivity contribution in [1.82, 2.24) is 10.2 Å². The third-order valence-electron chi connectivity index (χ3n) is 2.96. The summed E-state index contributed by atoms with van der Waals surface area (Å²) in [4.78, 5) is 40.9. The van der Waals surface area contributed by atoms with Crippen LogP contribution in [0.1, 0.15) is 5.56 Å². The number of hydroxylamine groups is 1. The Bertz CT molecular complexity index is 587. The summed E-state index contributed by atoms with van der Waals surface area (Å²) in [5.41, 5.74) is 1.14. The van der Waals surface area contributed by atoms with Crippen LogP contribution in [-0.4, -0.2) is 48.2 Å². The standard InChI is InChI=1S/C13H15N3O5/c1-15(2)13(20)21-16-10-6-4-3-5-8(10)7-9(11(16)17)14-12(18)19/h3-6,9,14H,7H2,1-2H3,(H,18,19)/t9-/m0/s1. The van der Waals surface area contributed by atoms with Crippen molar-refractivity contribution in [3.63, 3.8) is 0 Å². The highest BCUT2D eigenvalue weighted by Gasteiger charge is 2.36. The number of carbonyl (C=O) groups is 3. The largest absolute Gasteiger partial charge is 0.465 e. The van der Waals surface area contributed by atoms with Crippen LogP contribution in [0.25, 0.3) is 0 Å². The minimum Gasteiger partial charge on any atom is -0.465 e. The Kier molecular flexibility index (Phi) is 3.97.